The van der Waals surface area contributed by atoms with Crippen LogP contribution in [0.4, 0.5) is 0 Å². The fourth-order valence-electron chi connectivity index (χ4n) is 2.43. The van der Waals surface area contributed by atoms with Crippen molar-refractivity contribution in [3.8, 4) is 5.75 Å². The van der Waals surface area contributed by atoms with Crippen molar-refractivity contribution in [1.82, 2.24) is 5.43 Å². The molecule has 29 heavy (non-hydrogen) atoms. The minimum atomic E-state index is -0.468. The highest BCUT2D eigenvalue weighted by Crippen LogP contribution is 2.23. The molecule has 3 rings (SSSR count). The number of hydrazone groups is 1. The number of hydrogen-bond donors (Lipinski definition) is 1. The van der Waals surface area contributed by atoms with Crippen LogP contribution < -0.4 is 10.2 Å². The van der Waals surface area contributed by atoms with E-state index in [9.17, 15) is 9.59 Å². The molecule has 0 saturated heterocycles. The standard InChI is InChI=1S/C22H16BrIN2O3/c1-14-6-8-15(9-7-14)22(28)29-20-11-10-17(23)12-16(20)13-25-26-21(27)18-4-2-3-5-19(18)24/h2-13H,1H3,(H,26,27)/b25-13+. The molecule has 0 aliphatic rings. The van der Waals surface area contributed by atoms with Gasteiger partial charge in [0, 0.05) is 13.6 Å². The van der Waals surface area contributed by atoms with Gasteiger partial charge in [-0.15, -0.1) is 0 Å². The lowest BCUT2D eigenvalue weighted by atomic mass is 10.1. The maximum absolute atomic E-state index is 12.4. The maximum atomic E-state index is 12.4. The SMILES string of the molecule is Cc1ccc(C(=O)Oc2ccc(Br)cc2/C=N/NC(=O)c2ccccc2I)cc1. The van der Waals surface area contributed by atoms with E-state index in [1.54, 1.807) is 42.5 Å². The normalized spacial score (nSPS) is 10.7. The number of hydrogen-bond acceptors (Lipinski definition) is 4. The monoisotopic (exact) mass is 562 g/mol. The molecule has 0 atom stereocenters. The van der Waals surface area contributed by atoms with Crippen LogP contribution in [-0.4, -0.2) is 18.1 Å². The van der Waals surface area contributed by atoms with Gasteiger partial charge in [-0.1, -0.05) is 45.8 Å². The lowest BCUT2D eigenvalue weighted by Gasteiger charge is -2.08. The average molecular weight is 563 g/mol. The van der Waals surface area contributed by atoms with Crippen molar-refractivity contribution in [1.29, 1.82) is 0 Å². The minimum absolute atomic E-state index is 0.320. The number of ether oxygens (including phenoxy) is 1. The molecule has 0 saturated carbocycles. The maximum Gasteiger partial charge on any atom is 0.343 e. The summed E-state index contributed by atoms with van der Waals surface area (Å²) in [4.78, 5) is 24.7. The van der Waals surface area contributed by atoms with E-state index >= 15 is 0 Å². The number of benzene rings is 3. The highest BCUT2D eigenvalue weighted by Gasteiger charge is 2.12. The van der Waals surface area contributed by atoms with E-state index in [-0.39, 0.29) is 5.91 Å². The number of amides is 1. The molecular formula is C22H16BrIN2O3. The van der Waals surface area contributed by atoms with Crippen molar-refractivity contribution in [3.05, 3.63) is 97.0 Å². The quantitative estimate of drug-likeness (QED) is 0.150. The van der Waals surface area contributed by atoms with Crippen LogP contribution in [0.15, 0.2) is 76.3 Å². The van der Waals surface area contributed by atoms with Crippen molar-refractivity contribution in [2.75, 3.05) is 0 Å². The van der Waals surface area contributed by atoms with Gasteiger partial charge in [0.2, 0.25) is 0 Å². The second kappa shape index (κ2) is 9.80. The van der Waals surface area contributed by atoms with Crippen LogP contribution in [0.1, 0.15) is 31.8 Å². The first kappa shape index (κ1) is 21.2. The Hall–Kier alpha value is -2.52. The van der Waals surface area contributed by atoms with E-state index in [0.717, 1.165) is 13.6 Å². The summed E-state index contributed by atoms with van der Waals surface area (Å²) in [6.07, 6.45) is 1.44. The third-order valence-corrected chi connectivity index (χ3v) is 5.38. The summed E-state index contributed by atoms with van der Waals surface area (Å²) in [5, 5.41) is 4.01. The van der Waals surface area contributed by atoms with Crippen LogP contribution >= 0.6 is 38.5 Å². The van der Waals surface area contributed by atoms with Gasteiger partial charge in [-0.3, -0.25) is 4.79 Å². The third-order valence-electron chi connectivity index (χ3n) is 3.95. The van der Waals surface area contributed by atoms with Crippen molar-refractivity contribution >= 4 is 56.6 Å². The number of nitrogens with zero attached hydrogens (tertiary/aromatic N) is 1. The number of rotatable bonds is 5. The molecule has 0 unspecified atom stereocenters. The van der Waals surface area contributed by atoms with Gasteiger partial charge < -0.3 is 4.74 Å². The summed E-state index contributed by atoms with van der Waals surface area (Å²) in [5.41, 5.74) is 5.08. The van der Waals surface area contributed by atoms with Crippen molar-refractivity contribution in [2.45, 2.75) is 6.92 Å². The number of aryl methyl sites for hydroxylation is 1. The number of carbonyl (C=O) groups excluding carboxylic acids is 2. The van der Waals surface area contributed by atoms with Crippen LogP contribution in [0.5, 0.6) is 5.75 Å². The van der Waals surface area contributed by atoms with Crippen molar-refractivity contribution in [2.24, 2.45) is 5.10 Å². The van der Waals surface area contributed by atoms with Gasteiger partial charge in [-0.2, -0.15) is 5.10 Å². The van der Waals surface area contributed by atoms with E-state index in [2.05, 4.69) is 49.0 Å². The van der Waals surface area contributed by atoms with Crippen LogP contribution in [0.2, 0.25) is 0 Å². The molecule has 1 N–H and O–H groups in total. The summed E-state index contributed by atoms with van der Waals surface area (Å²) >= 11 is 5.48. The number of esters is 1. The summed E-state index contributed by atoms with van der Waals surface area (Å²) in [5.74, 6) is -0.449. The molecule has 0 aromatic heterocycles. The van der Waals surface area contributed by atoms with Crippen molar-refractivity contribution in [3.63, 3.8) is 0 Å². The molecule has 0 aliphatic heterocycles. The van der Waals surface area contributed by atoms with Gasteiger partial charge in [0.15, 0.2) is 0 Å². The summed E-state index contributed by atoms with van der Waals surface area (Å²) in [7, 11) is 0. The highest BCUT2D eigenvalue weighted by atomic mass is 127. The molecule has 146 valence electrons. The Morgan fingerprint density at radius 3 is 2.52 bits per heavy atom. The van der Waals surface area contributed by atoms with E-state index in [1.165, 1.54) is 6.21 Å². The Morgan fingerprint density at radius 1 is 1.07 bits per heavy atom. The van der Waals surface area contributed by atoms with Crippen LogP contribution in [-0.2, 0) is 0 Å². The first-order chi connectivity index (χ1) is 13.9. The van der Waals surface area contributed by atoms with Gasteiger partial charge in [-0.25, -0.2) is 10.2 Å². The fourth-order valence-corrected chi connectivity index (χ4v) is 3.44. The van der Waals surface area contributed by atoms with E-state index < -0.39 is 5.97 Å². The van der Waals surface area contributed by atoms with Gasteiger partial charge in [0.1, 0.15) is 5.75 Å². The Bertz CT molecular complexity index is 1080. The number of halogens is 2. The molecule has 1 amide bonds. The van der Waals surface area contributed by atoms with E-state index in [1.807, 2.05) is 31.2 Å². The molecule has 0 aliphatic carbocycles. The van der Waals surface area contributed by atoms with Crippen LogP contribution in [0, 0.1) is 10.5 Å². The predicted molar refractivity (Wildman–Crippen MR) is 124 cm³/mol. The van der Waals surface area contributed by atoms with Gasteiger partial charge in [0.25, 0.3) is 5.91 Å². The first-order valence-corrected chi connectivity index (χ1v) is 10.5. The minimum Gasteiger partial charge on any atom is -0.422 e. The molecule has 0 radical (unpaired) electrons. The molecule has 7 heteroatoms. The molecule has 0 bridgehead atoms. The second-order valence-corrected chi connectivity index (χ2v) is 8.19. The first-order valence-electron chi connectivity index (χ1n) is 8.60. The zero-order chi connectivity index (χ0) is 20.8. The summed E-state index contributed by atoms with van der Waals surface area (Å²) in [6, 6.07) is 19.5. The third kappa shape index (κ3) is 5.74. The Kier molecular flexibility index (Phi) is 7.16. The fraction of sp³-hybridized carbons (Fsp3) is 0.0455. The molecule has 0 spiro atoms. The topological polar surface area (TPSA) is 67.8 Å². The molecule has 0 heterocycles. The zero-order valence-electron chi connectivity index (χ0n) is 15.4. The highest BCUT2D eigenvalue weighted by molar-refractivity contribution is 14.1. The zero-order valence-corrected chi connectivity index (χ0v) is 19.1. The molecular weight excluding hydrogens is 547 g/mol. The van der Waals surface area contributed by atoms with Crippen LogP contribution in [0.25, 0.3) is 0 Å². The predicted octanol–water partition coefficient (Wildman–Crippen LogP) is 5.35. The van der Waals surface area contributed by atoms with Gasteiger partial charge in [-0.05, 0) is 72.0 Å². The number of nitrogens with one attached hydrogen (secondary N) is 1. The molecule has 3 aromatic carbocycles. The molecule has 0 fully saturated rings. The molecule has 3 aromatic rings. The smallest absolute Gasteiger partial charge is 0.343 e. The van der Waals surface area contributed by atoms with E-state index in [4.69, 9.17) is 4.74 Å². The lowest BCUT2D eigenvalue weighted by molar-refractivity contribution is 0.0734. The molecule has 5 nitrogen and oxygen atoms in total. The van der Waals surface area contributed by atoms with E-state index in [0.29, 0.717) is 22.4 Å². The average Bonchev–Trinajstić information content (AvgIpc) is 2.70. The summed E-state index contributed by atoms with van der Waals surface area (Å²) < 4.78 is 7.14. The number of carbonyl (C=O) groups is 2. The summed E-state index contributed by atoms with van der Waals surface area (Å²) in [6.45, 7) is 1.95. The second-order valence-electron chi connectivity index (χ2n) is 6.12. The Labute approximate surface area is 190 Å². The van der Waals surface area contributed by atoms with Crippen LogP contribution in [0.3, 0.4) is 0 Å². The van der Waals surface area contributed by atoms with Gasteiger partial charge >= 0.3 is 5.97 Å². The Morgan fingerprint density at radius 2 is 1.79 bits per heavy atom. The van der Waals surface area contributed by atoms with Crippen molar-refractivity contribution < 1.29 is 14.3 Å². The lowest BCUT2D eigenvalue weighted by Crippen LogP contribution is -2.18. The van der Waals surface area contributed by atoms with Gasteiger partial charge in [0.05, 0.1) is 17.3 Å². The largest absolute Gasteiger partial charge is 0.422 e. The Balaban J connectivity index is 1.75.